The maximum Gasteiger partial charge on any atom is 0.194 e. The van der Waals surface area contributed by atoms with E-state index in [4.69, 9.17) is 4.74 Å². The largest absolute Gasteiger partial charge is 0.373 e. The first-order chi connectivity index (χ1) is 10.7. The summed E-state index contributed by atoms with van der Waals surface area (Å²) in [5, 5.41) is 3.54. The molecule has 0 amide bonds. The van der Waals surface area contributed by atoms with E-state index < -0.39 is 0 Å². The van der Waals surface area contributed by atoms with Crippen molar-refractivity contribution in [1.82, 2.24) is 15.1 Å². The van der Waals surface area contributed by atoms with Gasteiger partial charge in [-0.05, 0) is 34.1 Å². The molecule has 2 atom stereocenters. The zero-order valence-electron chi connectivity index (χ0n) is 16.1. The van der Waals surface area contributed by atoms with E-state index in [0.29, 0.717) is 17.6 Å². The van der Waals surface area contributed by atoms with Crippen LogP contribution in [0.2, 0.25) is 0 Å². The fraction of sp³-hybridized carbons (Fsp3) is 0.944. The summed E-state index contributed by atoms with van der Waals surface area (Å²) in [6.07, 6.45) is 1.84. The molecule has 23 heavy (non-hydrogen) atoms. The van der Waals surface area contributed by atoms with E-state index in [2.05, 4.69) is 61.7 Å². The van der Waals surface area contributed by atoms with Gasteiger partial charge in [0.25, 0.3) is 0 Å². The number of rotatable bonds is 4. The average molecular weight is 325 g/mol. The average Bonchev–Trinajstić information content (AvgIpc) is 2.44. The molecule has 0 aromatic carbocycles. The number of likely N-dealkylation sites (tertiary alicyclic amines) is 1. The number of hydrogen-bond acceptors (Lipinski definition) is 3. The number of aliphatic imine (C=N–C) groups is 1. The van der Waals surface area contributed by atoms with Crippen LogP contribution < -0.4 is 5.32 Å². The fourth-order valence-corrected chi connectivity index (χ4v) is 3.67. The number of morpholine rings is 1. The Morgan fingerprint density at radius 1 is 1.17 bits per heavy atom. The van der Waals surface area contributed by atoms with Gasteiger partial charge < -0.3 is 15.0 Å². The third-order valence-electron chi connectivity index (χ3n) is 5.78. The van der Waals surface area contributed by atoms with Gasteiger partial charge in [-0.2, -0.15) is 0 Å². The molecule has 5 nitrogen and oxygen atoms in total. The predicted octanol–water partition coefficient (Wildman–Crippen LogP) is 2.18. The maximum absolute atomic E-state index is 5.79. The van der Waals surface area contributed by atoms with Gasteiger partial charge in [0.05, 0.1) is 12.2 Å². The Morgan fingerprint density at radius 3 is 2.26 bits per heavy atom. The third kappa shape index (κ3) is 4.00. The highest BCUT2D eigenvalue weighted by atomic mass is 16.5. The second-order valence-electron chi connectivity index (χ2n) is 8.37. The van der Waals surface area contributed by atoms with Crippen molar-refractivity contribution in [2.45, 2.75) is 65.7 Å². The van der Waals surface area contributed by atoms with Crippen LogP contribution >= 0.6 is 0 Å². The minimum absolute atomic E-state index is 0.157. The van der Waals surface area contributed by atoms with Crippen LogP contribution in [0.5, 0.6) is 0 Å². The van der Waals surface area contributed by atoms with E-state index in [0.717, 1.165) is 45.1 Å². The highest BCUT2D eigenvalue weighted by Crippen LogP contribution is 2.46. The molecule has 0 aliphatic carbocycles. The molecule has 134 valence electrons. The SMILES string of the molecule is CN=C(NCCCN1CC(C)OC(C)C1)N1CC(C)(C)C1(C)C. The summed E-state index contributed by atoms with van der Waals surface area (Å²) in [7, 11) is 1.88. The number of ether oxygens (including phenoxy) is 1. The highest BCUT2D eigenvalue weighted by Gasteiger charge is 2.53. The molecule has 5 heteroatoms. The summed E-state index contributed by atoms with van der Waals surface area (Å²) in [6.45, 7) is 18.9. The van der Waals surface area contributed by atoms with Gasteiger partial charge in [-0.25, -0.2) is 0 Å². The molecule has 0 bridgehead atoms. The van der Waals surface area contributed by atoms with Crippen LogP contribution in [0, 0.1) is 5.41 Å². The number of hydrogen-bond donors (Lipinski definition) is 1. The van der Waals surface area contributed by atoms with Crippen molar-refractivity contribution < 1.29 is 4.74 Å². The van der Waals surface area contributed by atoms with Gasteiger partial charge in [0, 0.05) is 50.7 Å². The van der Waals surface area contributed by atoms with Crippen LogP contribution in [0.25, 0.3) is 0 Å². The molecule has 0 saturated carbocycles. The summed E-state index contributed by atoms with van der Waals surface area (Å²) in [6, 6.07) is 0. The van der Waals surface area contributed by atoms with Gasteiger partial charge in [-0.15, -0.1) is 0 Å². The van der Waals surface area contributed by atoms with E-state index in [1.807, 2.05) is 7.05 Å². The topological polar surface area (TPSA) is 40.1 Å². The van der Waals surface area contributed by atoms with E-state index in [1.165, 1.54) is 0 Å². The molecule has 2 fully saturated rings. The van der Waals surface area contributed by atoms with Crippen molar-refractivity contribution in [3.05, 3.63) is 0 Å². The fourth-order valence-electron chi connectivity index (χ4n) is 3.67. The molecule has 0 aromatic rings. The molecule has 2 rings (SSSR count). The second-order valence-corrected chi connectivity index (χ2v) is 8.37. The summed E-state index contributed by atoms with van der Waals surface area (Å²) >= 11 is 0. The maximum atomic E-state index is 5.79. The molecular formula is C18H36N4O. The van der Waals surface area contributed by atoms with E-state index >= 15 is 0 Å². The molecule has 2 aliphatic heterocycles. The zero-order valence-corrected chi connectivity index (χ0v) is 16.1. The lowest BCUT2D eigenvalue weighted by atomic mass is 9.65. The quantitative estimate of drug-likeness (QED) is 0.489. The molecule has 2 aliphatic rings. The van der Waals surface area contributed by atoms with Crippen molar-refractivity contribution in [3.8, 4) is 0 Å². The second kappa shape index (κ2) is 6.98. The zero-order chi connectivity index (χ0) is 17.3. The van der Waals surface area contributed by atoms with Crippen molar-refractivity contribution in [2.24, 2.45) is 10.4 Å². The monoisotopic (exact) mass is 324 g/mol. The molecular weight excluding hydrogens is 288 g/mol. The molecule has 2 saturated heterocycles. The minimum atomic E-state index is 0.157. The van der Waals surface area contributed by atoms with Crippen LogP contribution in [0.15, 0.2) is 4.99 Å². The number of nitrogens with one attached hydrogen (secondary N) is 1. The Labute approximate surface area is 142 Å². The smallest absolute Gasteiger partial charge is 0.194 e. The van der Waals surface area contributed by atoms with Crippen molar-refractivity contribution in [3.63, 3.8) is 0 Å². The minimum Gasteiger partial charge on any atom is -0.373 e. The summed E-state index contributed by atoms with van der Waals surface area (Å²) in [5.41, 5.74) is 0.495. The molecule has 2 heterocycles. The van der Waals surface area contributed by atoms with Gasteiger partial charge in [-0.3, -0.25) is 9.89 Å². The summed E-state index contributed by atoms with van der Waals surface area (Å²) in [5.74, 6) is 1.04. The van der Waals surface area contributed by atoms with Crippen molar-refractivity contribution in [1.29, 1.82) is 0 Å². The van der Waals surface area contributed by atoms with Crippen molar-refractivity contribution in [2.75, 3.05) is 39.8 Å². The lowest BCUT2D eigenvalue weighted by molar-refractivity contribution is -0.0689. The normalized spacial score (nSPS) is 30.9. The van der Waals surface area contributed by atoms with Crippen LogP contribution in [-0.4, -0.2) is 73.3 Å². The standard InChI is InChI=1S/C18H36N4O/c1-14-11-21(12-15(2)23-14)10-8-9-20-16(19-7)22-13-17(3,4)18(22,5)6/h14-15H,8-13H2,1-7H3,(H,19,20). The van der Waals surface area contributed by atoms with Crippen molar-refractivity contribution >= 4 is 5.96 Å². The van der Waals surface area contributed by atoms with Gasteiger partial charge in [0.2, 0.25) is 0 Å². The Balaban J connectivity index is 1.73. The molecule has 2 unspecified atom stereocenters. The van der Waals surface area contributed by atoms with E-state index in [9.17, 15) is 0 Å². The Hall–Kier alpha value is -0.810. The van der Waals surface area contributed by atoms with Gasteiger partial charge >= 0.3 is 0 Å². The first-order valence-electron chi connectivity index (χ1n) is 9.03. The first kappa shape index (κ1) is 18.5. The first-order valence-corrected chi connectivity index (χ1v) is 9.03. The molecule has 0 radical (unpaired) electrons. The Morgan fingerprint density at radius 2 is 1.78 bits per heavy atom. The Kier molecular flexibility index (Phi) is 5.62. The van der Waals surface area contributed by atoms with Gasteiger partial charge in [0.15, 0.2) is 5.96 Å². The highest BCUT2D eigenvalue weighted by molar-refractivity contribution is 5.81. The van der Waals surface area contributed by atoms with Crippen LogP contribution in [0.1, 0.15) is 48.0 Å². The Bertz CT molecular complexity index is 423. The van der Waals surface area contributed by atoms with E-state index in [1.54, 1.807) is 0 Å². The molecule has 0 spiro atoms. The van der Waals surface area contributed by atoms with Crippen LogP contribution in [0.3, 0.4) is 0 Å². The lowest BCUT2D eigenvalue weighted by Crippen LogP contribution is -2.72. The summed E-state index contributed by atoms with van der Waals surface area (Å²) < 4.78 is 5.79. The predicted molar refractivity (Wildman–Crippen MR) is 97.0 cm³/mol. The van der Waals surface area contributed by atoms with Crippen LogP contribution in [0.4, 0.5) is 0 Å². The van der Waals surface area contributed by atoms with Crippen LogP contribution in [-0.2, 0) is 4.74 Å². The van der Waals surface area contributed by atoms with E-state index in [-0.39, 0.29) is 5.54 Å². The summed E-state index contributed by atoms with van der Waals surface area (Å²) in [4.78, 5) is 9.39. The number of nitrogens with zero attached hydrogens (tertiary/aromatic N) is 3. The molecule has 0 aromatic heterocycles. The number of guanidine groups is 1. The van der Waals surface area contributed by atoms with Gasteiger partial charge in [0.1, 0.15) is 0 Å². The molecule has 1 N–H and O–H groups in total. The third-order valence-corrected chi connectivity index (χ3v) is 5.78. The van der Waals surface area contributed by atoms with Gasteiger partial charge in [-0.1, -0.05) is 13.8 Å². The lowest BCUT2D eigenvalue weighted by Gasteiger charge is -2.62.